The number of hydrogen-bond acceptors (Lipinski definition) is 1. The van der Waals surface area contributed by atoms with E-state index in [1.165, 1.54) is 0 Å². The van der Waals surface area contributed by atoms with E-state index in [0.717, 1.165) is 24.6 Å². The first-order chi connectivity index (χ1) is 4.19. The first kappa shape index (κ1) is 7.26. The Balaban J connectivity index is 2.67. The van der Waals surface area contributed by atoms with Crippen LogP contribution in [0.3, 0.4) is 0 Å². The van der Waals surface area contributed by atoms with E-state index >= 15 is 0 Å². The van der Waals surface area contributed by atoms with Gasteiger partial charge >= 0.3 is 0 Å². The molecule has 0 aliphatic heterocycles. The van der Waals surface area contributed by atoms with E-state index in [1.807, 2.05) is 6.92 Å². The first-order valence-corrected chi connectivity index (χ1v) is 4.40. The van der Waals surface area contributed by atoms with Crippen molar-refractivity contribution in [3.05, 3.63) is 0 Å². The molecule has 52 valence electrons. The monoisotopic (exact) mass is 190 g/mol. The molecule has 0 heterocycles. The molecule has 0 aromatic rings. The third kappa shape index (κ3) is 1.18. The second-order valence-corrected chi connectivity index (χ2v) is 3.53. The highest BCUT2D eigenvalue weighted by molar-refractivity contribution is 9.09. The number of carbonyl (C=O) groups is 1. The number of Topliss-reactive ketones (excluding diaryl/α,β-unsaturated/α-hetero) is 1. The molecule has 1 unspecified atom stereocenters. The van der Waals surface area contributed by atoms with Crippen molar-refractivity contribution in [2.24, 2.45) is 5.41 Å². The minimum atomic E-state index is -0.0278. The van der Waals surface area contributed by atoms with Crippen molar-refractivity contribution >= 4 is 21.7 Å². The van der Waals surface area contributed by atoms with Gasteiger partial charge in [-0.2, -0.15) is 0 Å². The minimum absolute atomic E-state index is 0.0278. The van der Waals surface area contributed by atoms with E-state index in [2.05, 4.69) is 15.9 Å². The van der Waals surface area contributed by atoms with Crippen molar-refractivity contribution in [3.63, 3.8) is 0 Å². The predicted octanol–water partition coefficient (Wildman–Crippen LogP) is 2.14. The summed E-state index contributed by atoms with van der Waals surface area (Å²) >= 11 is 3.35. The van der Waals surface area contributed by atoms with Gasteiger partial charge in [-0.1, -0.05) is 22.9 Å². The highest BCUT2D eigenvalue weighted by Gasteiger charge is 2.35. The Bertz CT molecular complexity index is 133. The Labute approximate surface area is 64.0 Å². The molecule has 1 aliphatic carbocycles. The molecule has 0 spiro atoms. The maximum absolute atomic E-state index is 11.1. The van der Waals surface area contributed by atoms with E-state index in [-0.39, 0.29) is 5.41 Å². The lowest BCUT2D eigenvalue weighted by atomic mass is 9.91. The average molecular weight is 191 g/mol. The van der Waals surface area contributed by atoms with Crippen LogP contribution in [-0.4, -0.2) is 11.1 Å². The number of carbonyl (C=O) groups excluding carboxylic acids is 1. The van der Waals surface area contributed by atoms with Gasteiger partial charge in [-0.25, -0.2) is 0 Å². The summed E-state index contributed by atoms with van der Waals surface area (Å²) in [5, 5.41) is 0.832. The van der Waals surface area contributed by atoms with Crippen LogP contribution in [0, 0.1) is 5.41 Å². The molecule has 0 aromatic carbocycles. The predicted molar refractivity (Wildman–Crippen MR) is 40.8 cm³/mol. The Hall–Kier alpha value is 0.150. The Morgan fingerprint density at radius 2 is 2.44 bits per heavy atom. The highest BCUT2D eigenvalue weighted by atomic mass is 79.9. The number of halogens is 1. The zero-order valence-corrected chi connectivity index (χ0v) is 7.20. The maximum Gasteiger partial charge on any atom is 0.139 e. The largest absolute Gasteiger partial charge is 0.299 e. The first-order valence-electron chi connectivity index (χ1n) is 3.28. The van der Waals surface area contributed by atoms with Crippen molar-refractivity contribution < 1.29 is 4.79 Å². The van der Waals surface area contributed by atoms with Gasteiger partial charge in [0.05, 0.1) is 0 Å². The zero-order valence-electron chi connectivity index (χ0n) is 5.61. The third-order valence-corrected chi connectivity index (χ3v) is 3.34. The van der Waals surface area contributed by atoms with Gasteiger partial charge in [0.1, 0.15) is 5.78 Å². The van der Waals surface area contributed by atoms with Crippen LogP contribution in [0.2, 0.25) is 0 Å². The summed E-state index contributed by atoms with van der Waals surface area (Å²) in [4.78, 5) is 11.1. The maximum atomic E-state index is 11.1. The summed E-state index contributed by atoms with van der Waals surface area (Å²) in [6.45, 7) is 2.04. The molecule has 0 saturated heterocycles. The molecule has 0 radical (unpaired) electrons. The van der Waals surface area contributed by atoms with Crippen molar-refractivity contribution in [2.75, 3.05) is 5.33 Å². The molecule has 0 N–H and O–H groups in total. The molecule has 9 heavy (non-hydrogen) atoms. The fraction of sp³-hybridized carbons (Fsp3) is 0.857. The van der Waals surface area contributed by atoms with Gasteiger partial charge in [-0.05, 0) is 12.8 Å². The Morgan fingerprint density at radius 1 is 1.78 bits per heavy atom. The summed E-state index contributed by atoms with van der Waals surface area (Å²) in [7, 11) is 0. The van der Waals surface area contributed by atoms with Gasteiger partial charge in [0.25, 0.3) is 0 Å². The Morgan fingerprint density at radius 3 is 2.67 bits per heavy atom. The molecule has 1 atom stereocenters. The van der Waals surface area contributed by atoms with Crippen molar-refractivity contribution in [3.8, 4) is 0 Å². The van der Waals surface area contributed by atoms with Gasteiger partial charge in [0.2, 0.25) is 0 Å². The van der Waals surface area contributed by atoms with E-state index in [1.54, 1.807) is 0 Å². The molecule has 1 rings (SSSR count). The van der Waals surface area contributed by atoms with Crippen LogP contribution in [0.4, 0.5) is 0 Å². The summed E-state index contributed by atoms with van der Waals surface area (Å²) in [6.07, 6.45) is 2.94. The van der Waals surface area contributed by atoms with Crippen LogP contribution in [0.25, 0.3) is 0 Å². The molecule has 1 saturated carbocycles. The van der Waals surface area contributed by atoms with Crippen LogP contribution >= 0.6 is 15.9 Å². The lowest BCUT2D eigenvalue weighted by Gasteiger charge is -2.16. The lowest BCUT2D eigenvalue weighted by Crippen LogP contribution is -2.22. The van der Waals surface area contributed by atoms with Gasteiger partial charge < -0.3 is 0 Å². The number of rotatable bonds is 1. The van der Waals surface area contributed by atoms with E-state index in [0.29, 0.717) is 5.78 Å². The molecule has 1 nitrogen and oxygen atoms in total. The van der Waals surface area contributed by atoms with Crippen LogP contribution in [0.5, 0.6) is 0 Å². The number of alkyl halides is 1. The van der Waals surface area contributed by atoms with Gasteiger partial charge in [-0.15, -0.1) is 0 Å². The molecular weight excluding hydrogens is 180 g/mol. The minimum Gasteiger partial charge on any atom is -0.299 e. The zero-order chi connectivity index (χ0) is 6.91. The van der Waals surface area contributed by atoms with E-state index in [9.17, 15) is 4.79 Å². The SMILES string of the molecule is CC1(CBr)CCCC1=O. The number of ketones is 1. The van der Waals surface area contributed by atoms with Crippen LogP contribution in [-0.2, 0) is 4.79 Å². The Kier molecular flexibility index (Phi) is 1.94. The van der Waals surface area contributed by atoms with Gasteiger partial charge in [0, 0.05) is 17.2 Å². The van der Waals surface area contributed by atoms with Crippen molar-refractivity contribution in [1.29, 1.82) is 0 Å². The smallest absolute Gasteiger partial charge is 0.139 e. The van der Waals surface area contributed by atoms with Crippen LogP contribution in [0.15, 0.2) is 0 Å². The fourth-order valence-corrected chi connectivity index (χ4v) is 1.81. The average Bonchev–Trinajstić information content (AvgIpc) is 2.15. The van der Waals surface area contributed by atoms with E-state index in [4.69, 9.17) is 0 Å². The standard InChI is InChI=1S/C7H11BrO/c1-7(5-8)4-2-3-6(7)9/h2-5H2,1H3. The normalized spacial score (nSPS) is 35.6. The molecule has 1 fully saturated rings. The topological polar surface area (TPSA) is 17.1 Å². The van der Waals surface area contributed by atoms with Crippen molar-refractivity contribution in [2.45, 2.75) is 26.2 Å². The highest BCUT2D eigenvalue weighted by Crippen LogP contribution is 2.35. The fourth-order valence-electron chi connectivity index (χ4n) is 1.22. The second kappa shape index (κ2) is 2.41. The van der Waals surface area contributed by atoms with Crippen LogP contribution in [0.1, 0.15) is 26.2 Å². The third-order valence-electron chi connectivity index (χ3n) is 2.10. The quantitative estimate of drug-likeness (QED) is 0.580. The van der Waals surface area contributed by atoms with Gasteiger partial charge in [-0.3, -0.25) is 4.79 Å². The summed E-state index contributed by atoms with van der Waals surface area (Å²) in [6, 6.07) is 0. The molecule has 0 aromatic heterocycles. The summed E-state index contributed by atoms with van der Waals surface area (Å²) < 4.78 is 0. The van der Waals surface area contributed by atoms with Crippen molar-refractivity contribution in [1.82, 2.24) is 0 Å². The molecule has 1 aliphatic rings. The summed E-state index contributed by atoms with van der Waals surface area (Å²) in [5.74, 6) is 0.430. The number of hydrogen-bond donors (Lipinski definition) is 0. The van der Waals surface area contributed by atoms with Crippen LogP contribution < -0.4 is 0 Å². The van der Waals surface area contributed by atoms with Gasteiger partial charge in [0.15, 0.2) is 0 Å². The summed E-state index contributed by atoms with van der Waals surface area (Å²) in [5.41, 5.74) is -0.0278. The molecule has 0 amide bonds. The molecule has 0 bridgehead atoms. The molecule has 2 heteroatoms. The molecular formula is C7H11BrO. The second-order valence-electron chi connectivity index (χ2n) is 2.97. The lowest BCUT2D eigenvalue weighted by molar-refractivity contribution is -0.123. The van der Waals surface area contributed by atoms with E-state index < -0.39 is 0 Å².